The monoisotopic (exact) mass is 306 g/mol. The molecule has 0 saturated carbocycles. The summed E-state index contributed by atoms with van der Waals surface area (Å²) in [6.45, 7) is 2.45. The molecular formula is C13H17F3N2O3. The molecule has 0 aliphatic carbocycles. The molecule has 0 radical (unpaired) electrons. The Kier molecular flexibility index (Phi) is 6.41. The van der Waals surface area contributed by atoms with Crippen molar-refractivity contribution in [1.29, 1.82) is 0 Å². The first kappa shape index (κ1) is 17.2. The molecule has 0 aliphatic rings. The third-order valence-electron chi connectivity index (χ3n) is 2.64. The Labute approximate surface area is 120 Å². The average Bonchev–Trinajstić information content (AvgIpc) is 2.38. The van der Waals surface area contributed by atoms with Crippen molar-refractivity contribution in [2.24, 2.45) is 0 Å². The lowest BCUT2D eigenvalue weighted by Crippen LogP contribution is -2.16. The molecule has 0 atom stereocenters. The molecule has 5 nitrogen and oxygen atoms in total. The van der Waals surface area contributed by atoms with E-state index in [1.807, 2.05) is 6.92 Å². The lowest BCUT2D eigenvalue weighted by molar-refractivity contribution is -0.384. The molecule has 1 rings (SSSR count). The predicted octanol–water partition coefficient (Wildman–Crippen LogP) is 3.43. The van der Waals surface area contributed by atoms with E-state index in [-0.39, 0.29) is 11.4 Å². The highest BCUT2D eigenvalue weighted by atomic mass is 19.4. The summed E-state index contributed by atoms with van der Waals surface area (Å²) in [5, 5.41) is 13.8. The van der Waals surface area contributed by atoms with Crippen LogP contribution in [0.25, 0.3) is 0 Å². The third-order valence-corrected chi connectivity index (χ3v) is 2.64. The quantitative estimate of drug-likeness (QED) is 0.454. The normalized spacial score (nSPS) is 11.4. The zero-order valence-electron chi connectivity index (χ0n) is 11.6. The van der Waals surface area contributed by atoms with E-state index >= 15 is 0 Å². The van der Waals surface area contributed by atoms with E-state index < -0.39 is 24.1 Å². The molecule has 8 heteroatoms. The predicted molar refractivity (Wildman–Crippen MR) is 71.3 cm³/mol. The topological polar surface area (TPSA) is 64.4 Å². The van der Waals surface area contributed by atoms with Gasteiger partial charge in [-0.15, -0.1) is 0 Å². The number of alkyl halides is 3. The van der Waals surface area contributed by atoms with Gasteiger partial charge in [-0.05, 0) is 19.0 Å². The van der Waals surface area contributed by atoms with Crippen LogP contribution in [0, 0.1) is 10.1 Å². The minimum absolute atomic E-state index is 0.119. The SMILES string of the molecule is CCCNCc1cc([N+](=O)[O-])ccc1OCCC(F)(F)F. The Morgan fingerprint density at radius 2 is 2.10 bits per heavy atom. The maximum atomic E-state index is 12.1. The second-order valence-electron chi connectivity index (χ2n) is 4.44. The summed E-state index contributed by atoms with van der Waals surface area (Å²) in [6, 6.07) is 3.86. The second-order valence-corrected chi connectivity index (χ2v) is 4.44. The number of halogens is 3. The fourth-order valence-corrected chi connectivity index (χ4v) is 1.63. The van der Waals surface area contributed by atoms with Crippen molar-refractivity contribution in [3.05, 3.63) is 33.9 Å². The van der Waals surface area contributed by atoms with Crippen molar-refractivity contribution in [2.45, 2.75) is 32.5 Å². The second kappa shape index (κ2) is 7.82. The first-order chi connectivity index (χ1) is 9.83. The maximum Gasteiger partial charge on any atom is 0.392 e. The summed E-state index contributed by atoms with van der Waals surface area (Å²) in [5.74, 6) is 0.230. The Hall–Kier alpha value is -1.83. The van der Waals surface area contributed by atoms with Crippen LogP contribution in [-0.4, -0.2) is 24.3 Å². The van der Waals surface area contributed by atoms with Gasteiger partial charge in [0, 0.05) is 24.2 Å². The molecule has 1 aromatic carbocycles. The Morgan fingerprint density at radius 3 is 2.67 bits per heavy atom. The number of rotatable bonds is 8. The van der Waals surface area contributed by atoms with E-state index in [0.717, 1.165) is 6.42 Å². The molecule has 0 aromatic heterocycles. The van der Waals surface area contributed by atoms with Crippen LogP contribution in [0.2, 0.25) is 0 Å². The molecule has 0 unspecified atom stereocenters. The van der Waals surface area contributed by atoms with Crippen molar-refractivity contribution in [3.63, 3.8) is 0 Å². The lowest BCUT2D eigenvalue weighted by atomic mass is 10.1. The van der Waals surface area contributed by atoms with Gasteiger partial charge >= 0.3 is 6.18 Å². The van der Waals surface area contributed by atoms with Gasteiger partial charge in [-0.3, -0.25) is 10.1 Å². The van der Waals surface area contributed by atoms with E-state index in [2.05, 4.69) is 5.32 Å². The van der Waals surface area contributed by atoms with Gasteiger partial charge in [0.05, 0.1) is 18.0 Å². The van der Waals surface area contributed by atoms with Crippen molar-refractivity contribution in [3.8, 4) is 5.75 Å². The summed E-state index contributed by atoms with van der Waals surface area (Å²) in [7, 11) is 0. The number of nitro benzene ring substituents is 1. The van der Waals surface area contributed by atoms with E-state index in [4.69, 9.17) is 4.74 Å². The molecular weight excluding hydrogens is 289 g/mol. The van der Waals surface area contributed by atoms with Crippen LogP contribution < -0.4 is 10.1 Å². The number of ether oxygens (including phenoxy) is 1. The molecule has 0 bridgehead atoms. The summed E-state index contributed by atoms with van der Waals surface area (Å²) in [4.78, 5) is 10.2. The van der Waals surface area contributed by atoms with Gasteiger partial charge in [-0.2, -0.15) is 13.2 Å². The summed E-state index contributed by atoms with van der Waals surface area (Å²) in [5.41, 5.74) is 0.353. The number of benzene rings is 1. The van der Waals surface area contributed by atoms with Crippen LogP contribution in [0.3, 0.4) is 0 Å². The maximum absolute atomic E-state index is 12.1. The minimum Gasteiger partial charge on any atom is -0.493 e. The first-order valence-corrected chi connectivity index (χ1v) is 6.51. The smallest absolute Gasteiger partial charge is 0.392 e. The van der Waals surface area contributed by atoms with Gasteiger partial charge in [0.15, 0.2) is 0 Å². The van der Waals surface area contributed by atoms with Gasteiger partial charge in [0.2, 0.25) is 0 Å². The Morgan fingerprint density at radius 1 is 1.38 bits per heavy atom. The van der Waals surface area contributed by atoms with Gasteiger partial charge in [0.25, 0.3) is 5.69 Å². The molecule has 118 valence electrons. The number of hydrogen-bond acceptors (Lipinski definition) is 4. The van der Waals surface area contributed by atoms with E-state index in [0.29, 0.717) is 18.7 Å². The van der Waals surface area contributed by atoms with Crippen molar-refractivity contribution in [2.75, 3.05) is 13.2 Å². The standard InChI is InChI=1S/C13H17F3N2O3/c1-2-6-17-9-10-8-11(18(19)20)3-4-12(10)21-7-5-13(14,15)16/h3-4,8,17H,2,5-7,9H2,1H3. The van der Waals surface area contributed by atoms with Gasteiger partial charge < -0.3 is 10.1 Å². The highest BCUT2D eigenvalue weighted by Crippen LogP contribution is 2.26. The van der Waals surface area contributed by atoms with Crippen LogP contribution >= 0.6 is 0 Å². The molecule has 0 saturated heterocycles. The highest BCUT2D eigenvalue weighted by Gasteiger charge is 2.27. The van der Waals surface area contributed by atoms with Gasteiger partial charge in [-0.1, -0.05) is 6.92 Å². The molecule has 1 aromatic rings. The molecule has 0 spiro atoms. The summed E-state index contributed by atoms with van der Waals surface area (Å²) in [6.07, 6.45) is -4.48. The van der Waals surface area contributed by atoms with Crippen LogP contribution in [-0.2, 0) is 6.54 Å². The van der Waals surface area contributed by atoms with E-state index in [9.17, 15) is 23.3 Å². The van der Waals surface area contributed by atoms with Crippen LogP contribution in [0.15, 0.2) is 18.2 Å². The number of non-ortho nitro benzene ring substituents is 1. The molecule has 1 N–H and O–H groups in total. The lowest BCUT2D eigenvalue weighted by Gasteiger charge is -2.13. The number of hydrogen-bond donors (Lipinski definition) is 1. The number of nitro groups is 1. The fourth-order valence-electron chi connectivity index (χ4n) is 1.63. The van der Waals surface area contributed by atoms with E-state index in [1.165, 1.54) is 18.2 Å². The van der Waals surface area contributed by atoms with Gasteiger partial charge in [0.1, 0.15) is 5.75 Å². The van der Waals surface area contributed by atoms with Crippen molar-refractivity contribution in [1.82, 2.24) is 5.32 Å². The Bertz CT molecular complexity index is 478. The van der Waals surface area contributed by atoms with Crippen LogP contribution in [0.1, 0.15) is 25.3 Å². The van der Waals surface area contributed by atoms with Gasteiger partial charge in [-0.25, -0.2) is 0 Å². The van der Waals surface area contributed by atoms with Crippen LogP contribution in [0.5, 0.6) is 5.75 Å². The Balaban J connectivity index is 2.77. The van der Waals surface area contributed by atoms with Crippen molar-refractivity contribution >= 4 is 5.69 Å². The molecule has 0 fully saturated rings. The van der Waals surface area contributed by atoms with Crippen molar-refractivity contribution < 1.29 is 22.8 Å². The third kappa shape index (κ3) is 6.44. The highest BCUT2D eigenvalue weighted by molar-refractivity contribution is 5.43. The minimum atomic E-state index is -4.29. The number of nitrogens with one attached hydrogen (secondary N) is 1. The number of nitrogens with zero attached hydrogens (tertiary/aromatic N) is 1. The summed E-state index contributed by atoms with van der Waals surface area (Å²) >= 11 is 0. The van der Waals surface area contributed by atoms with Crippen LogP contribution in [0.4, 0.5) is 18.9 Å². The molecule has 0 aliphatic heterocycles. The molecule has 21 heavy (non-hydrogen) atoms. The molecule has 0 heterocycles. The first-order valence-electron chi connectivity index (χ1n) is 6.51. The zero-order chi connectivity index (χ0) is 15.9. The largest absolute Gasteiger partial charge is 0.493 e. The van der Waals surface area contributed by atoms with E-state index in [1.54, 1.807) is 0 Å². The summed E-state index contributed by atoms with van der Waals surface area (Å²) < 4.78 is 41.4. The fraction of sp³-hybridized carbons (Fsp3) is 0.538. The average molecular weight is 306 g/mol. The zero-order valence-corrected chi connectivity index (χ0v) is 11.6. The molecule has 0 amide bonds.